The number of amides is 2. The first kappa shape index (κ1) is 18.5. The van der Waals surface area contributed by atoms with E-state index in [0.29, 0.717) is 25.2 Å². The van der Waals surface area contributed by atoms with Crippen molar-refractivity contribution in [2.75, 3.05) is 19.6 Å². The average Bonchev–Trinajstić information content (AvgIpc) is 2.59. The third kappa shape index (κ3) is 5.10. The number of nitrogens with zero attached hydrogens (tertiary/aromatic N) is 2. The molecule has 2 amide bonds. The monoisotopic (exact) mass is 329 g/mol. The quantitative estimate of drug-likeness (QED) is 0.810. The van der Waals surface area contributed by atoms with Crippen molar-refractivity contribution >= 4 is 6.03 Å². The second-order valence-electron chi connectivity index (χ2n) is 6.95. The Bertz CT molecular complexity index is 530. The summed E-state index contributed by atoms with van der Waals surface area (Å²) in [6.45, 7) is 13.6. The van der Waals surface area contributed by atoms with Crippen LogP contribution in [-0.4, -0.2) is 47.5 Å². The Balaban J connectivity index is 1.90. The fourth-order valence-electron chi connectivity index (χ4n) is 3.24. The van der Waals surface area contributed by atoms with Crippen molar-refractivity contribution in [1.82, 2.24) is 15.1 Å². The highest BCUT2D eigenvalue weighted by atomic mass is 16.2. The summed E-state index contributed by atoms with van der Waals surface area (Å²) in [6.07, 6.45) is 3.88. The van der Waals surface area contributed by atoms with Crippen LogP contribution in [0.1, 0.15) is 37.8 Å². The average molecular weight is 329 g/mol. The Morgan fingerprint density at radius 2 is 1.96 bits per heavy atom. The maximum absolute atomic E-state index is 12.6. The van der Waals surface area contributed by atoms with Crippen LogP contribution in [0.15, 0.2) is 36.9 Å². The molecule has 1 fully saturated rings. The van der Waals surface area contributed by atoms with Crippen LogP contribution in [0.5, 0.6) is 0 Å². The van der Waals surface area contributed by atoms with Gasteiger partial charge in [-0.1, -0.05) is 35.9 Å². The van der Waals surface area contributed by atoms with Crippen molar-refractivity contribution in [3.05, 3.63) is 48.0 Å². The van der Waals surface area contributed by atoms with Crippen molar-refractivity contribution < 1.29 is 4.79 Å². The van der Waals surface area contributed by atoms with E-state index in [1.165, 1.54) is 5.56 Å². The number of rotatable bonds is 6. The largest absolute Gasteiger partial charge is 0.334 e. The van der Waals surface area contributed by atoms with E-state index < -0.39 is 0 Å². The third-order valence-electron chi connectivity index (χ3n) is 4.82. The van der Waals surface area contributed by atoms with Crippen LogP contribution < -0.4 is 5.32 Å². The summed E-state index contributed by atoms with van der Waals surface area (Å²) in [5.41, 5.74) is 2.36. The van der Waals surface area contributed by atoms with Gasteiger partial charge in [-0.2, -0.15) is 0 Å². The fourth-order valence-corrected chi connectivity index (χ4v) is 3.24. The molecule has 1 aromatic rings. The summed E-state index contributed by atoms with van der Waals surface area (Å²) in [4.78, 5) is 17.1. The molecule has 0 spiro atoms. The van der Waals surface area contributed by atoms with Crippen molar-refractivity contribution in [3.8, 4) is 0 Å². The van der Waals surface area contributed by atoms with Gasteiger partial charge in [-0.05, 0) is 39.2 Å². The molecule has 132 valence electrons. The van der Waals surface area contributed by atoms with Gasteiger partial charge in [0.05, 0.1) is 0 Å². The number of carbonyl (C=O) groups excluding carboxylic acids is 1. The molecule has 0 atom stereocenters. The van der Waals surface area contributed by atoms with Crippen LogP contribution in [0.4, 0.5) is 4.79 Å². The molecule has 2 rings (SSSR count). The number of hydrogen-bond acceptors (Lipinski definition) is 2. The number of hydrogen-bond donors (Lipinski definition) is 1. The second kappa shape index (κ2) is 8.88. The fraction of sp³-hybridized carbons (Fsp3) is 0.550. The van der Waals surface area contributed by atoms with Gasteiger partial charge in [0.2, 0.25) is 0 Å². The molecule has 1 N–H and O–H groups in total. The number of urea groups is 1. The third-order valence-corrected chi connectivity index (χ3v) is 4.82. The summed E-state index contributed by atoms with van der Waals surface area (Å²) >= 11 is 0. The van der Waals surface area contributed by atoms with E-state index in [1.54, 1.807) is 0 Å². The molecule has 1 aliphatic rings. The molecule has 0 saturated carbocycles. The van der Waals surface area contributed by atoms with E-state index in [-0.39, 0.29) is 6.03 Å². The number of benzene rings is 1. The number of likely N-dealkylation sites (tertiary alicyclic amines) is 1. The molecule has 0 unspecified atom stereocenters. The first-order valence-corrected chi connectivity index (χ1v) is 8.96. The first-order chi connectivity index (χ1) is 11.5. The van der Waals surface area contributed by atoms with E-state index in [0.717, 1.165) is 31.5 Å². The summed E-state index contributed by atoms with van der Waals surface area (Å²) in [5, 5.41) is 3.06. The minimum atomic E-state index is 0.0125. The van der Waals surface area contributed by atoms with E-state index in [4.69, 9.17) is 0 Å². The van der Waals surface area contributed by atoms with Gasteiger partial charge in [0.1, 0.15) is 0 Å². The molecule has 1 heterocycles. The smallest absolute Gasteiger partial charge is 0.318 e. The van der Waals surface area contributed by atoms with Gasteiger partial charge < -0.3 is 15.1 Å². The lowest BCUT2D eigenvalue weighted by molar-refractivity contribution is 0.110. The van der Waals surface area contributed by atoms with Crippen LogP contribution in [0.3, 0.4) is 0 Å². The van der Waals surface area contributed by atoms with Gasteiger partial charge in [-0.25, -0.2) is 4.79 Å². The van der Waals surface area contributed by atoms with Crippen LogP contribution in [0.2, 0.25) is 0 Å². The molecular weight excluding hydrogens is 298 g/mol. The van der Waals surface area contributed by atoms with E-state index >= 15 is 0 Å². The first-order valence-electron chi connectivity index (χ1n) is 8.96. The lowest BCUT2D eigenvalue weighted by Gasteiger charge is -2.39. The predicted octanol–water partition coefficient (Wildman–Crippen LogP) is 3.57. The van der Waals surface area contributed by atoms with Crippen LogP contribution in [0.25, 0.3) is 0 Å². The Labute approximate surface area is 146 Å². The number of nitrogens with one attached hydrogen (secondary N) is 1. The summed E-state index contributed by atoms with van der Waals surface area (Å²) in [5.74, 6) is 0. The Hall–Kier alpha value is -1.81. The SMILES string of the molecule is C=CCN(C(=O)NCc1ccc(C)cc1)C1CCN(C(C)C)CC1. The number of aryl methyl sites for hydroxylation is 1. The van der Waals surface area contributed by atoms with Crippen LogP contribution in [0, 0.1) is 6.92 Å². The Kier molecular flexibility index (Phi) is 6.85. The highest BCUT2D eigenvalue weighted by Crippen LogP contribution is 2.18. The predicted molar refractivity (Wildman–Crippen MR) is 100 cm³/mol. The van der Waals surface area contributed by atoms with E-state index in [1.807, 2.05) is 11.0 Å². The maximum atomic E-state index is 12.6. The zero-order valence-electron chi connectivity index (χ0n) is 15.3. The van der Waals surface area contributed by atoms with Crippen LogP contribution >= 0.6 is 0 Å². The van der Waals surface area contributed by atoms with Gasteiger partial charge in [-0.15, -0.1) is 6.58 Å². The maximum Gasteiger partial charge on any atom is 0.318 e. The molecule has 0 radical (unpaired) electrons. The molecule has 0 bridgehead atoms. The van der Waals surface area contributed by atoms with Gasteiger partial charge in [-0.3, -0.25) is 0 Å². The van der Waals surface area contributed by atoms with Crippen molar-refractivity contribution in [3.63, 3.8) is 0 Å². The molecule has 24 heavy (non-hydrogen) atoms. The van der Waals surface area contributed by atoms with Gasteiger partial charge in [0, 0.05) is 38.3 Å². The molecular formula is C20H31N3O. The summed E-state index contributed by atoms with van der Waals surface area (Å²) < 4.78 is 0. The highest BCUT2D eigenvalue weighted by Gasteiger charge is 2.27. The minimum Gasteiger partial charge on any atom is -0.334 e. The van der Waals surface area contributed by atoms with Gasteiger partial charge in [0.25, 0.3) is 0 Å². The van der Waals surface area contributed by atoms with Crippen molar-refractivity contribution in [1.29, 1.82) is 0 Å². The van der Waals surface area contributed by atoms with Crippen molar-refractivity contribution in [2.24, 2.45) is 0 Å². The van der Waals surface area contributed by atoms with Crippen molar-refractivity contribution in [2.45, 2.75) is 52.2 Å². The molecule has 0 aromatic heterocycles. The van der Waals surface area contributed by atoms with Crippen LogP contribution in [-0.2, 0) is 6.54 Å². The zero-order chi connectivity index (χ0) is 17.5. The zero-order valence-corrected chi connectivity index (χ0v) is 15.3. The molecule has 4 heteroatoms. The van der Waals surface area contributed by atoms with Gasteiger partial charge in [0.15, 0.2) is 0 Å². The lowest BCUT2D eigenvalue weighted by atomic mass is 10.0. The molecule has 1 saturated heterocycles. The van der Waals surface area contributed by atoms with E-state index in [9.17, 15) is 4.79 Å². The van der Waals surface area contributed by atoms with E-state index in [2.05, 4.69) is 61.8 Å². The number of piperidine rings is 1. The standard InChI is InChI=1S/C20H31N3O/c1-5-12-23(19-10-13-22(14-11-19)16(2)3)20(24)21-15-18-8-6-17(4)7-9-18/h5-9,16,19H,1,10-15H2,2-4H3,(H,21,24). The molecule has 0 aliphatic carbocycles. The highest BCUT2D eigenvalue weighted by molar-refractivity contribution is 5.74. The molecule has 1 aliphatic heterocycles. The molecule has 1 aromatic carbocycles. The second-order valence-corrected chi connectivity index (χ2v) is 6.95. The topological polar surface area (TPSA) is 35.6 Å². The summed E-state index contributed by atoms with van der Waals surface area (Å²) in [7, 11) is 0. The minimum absolute atomic E-state index is 0.0125. The van der Waals surface area contributed by atoms with Gasteiger partial charge >= 0.3 is 6.03 Å². The Morgan fingerprint density at radius 1 is 1.33 bits per heavy atom. The number of carbonyl (C=O) groups is 1. The summed E-state index contributed by atoms with van der Waals surface area (Å²) in [6, 6.07) is 9.17. The Morgan fingerprint density at radius 3 is 2.50 bits per heavy atom. The molecule has 4 nitrogen and oxygen atoms in total. The lowest BCUT2D eigenvalue weighted by Crippen LogP contribution is -2.51. The normalized spacial score (nSPS) is 16.2.